The maximum Gasteiger partial charge on any atom is 0.322 e. The van der Waals surface area contributed by atoms with Crippen molar-refractivity contribution in [3.63, 3.8) is 0 Å². The smallest absolute Gasteiger partial charge is 0.322 e. The van der Waals surface area contributed by atoms with Gasteiger partial charge in [0.1, 0.15) is 0 Å². The highest BCUT2D eigenvalue weighted by Crippen LogP contribution is 2.51. The van der Waals surface area contributed by atoms with Gasteiger partial charge in [0.05, 0.1) is 12.8 Å². The van der Waals surface area contributed by atoms with Crippen molar-refractivity contribution in [3.05, 3.63) is 47.7 Å². The molecule has 0 aromatic carbocycles. The van der Waals surface area contributed by atoms with Crippen LogP contribution in [0.1, 0.15) is 36.9 Å². The lowest BCUT2D eigenvalue weighted by Crippen LogP contribution is -2.54. The average Bonchev–Trinajstić information content (AvgIpc) is 2.52. The minimum atomic E-state index is -1.53. The van der Waals surface area contributed by atoms with E-state index < -0.39 is 17.3 Å². The van der Waals surface area contributed by atoms with Crippen LogP contribution in [0.5, 0.6) is 5.88 Å². The molecule has 3 atom stereocenters. The van der Waals surface area contributed by atoms with Crippen LogP contribution in [0, 0.1) is 5.92 Å². The van der Waals surface area contributed by atoms with E-state index >= 15 is 0 Å². The first-order chi connectivity index (χ1) is 11.0. The predicted octanol–water partition coefficient (Wildman–Crippen LogP) is 2.62. The quantitative estimate of drug-likeness (QED) is 0.683. The summed E-state index contributed by atoms with van der Waals surface area (Å²) in [6.07, 6.45) is 4.39. The van der Waals surface area contributed by atoms with E-state index in [0.29, 0.717) is 23.6 Å². The number of carboxylic acid groups (broad SMARTS) is 1. The van der Waals surface area contributed by atoms with Crippen molar-refractivity contribution in [1.29, 1.82) is 0 Å². The van der Waals surface area contributed by atoms with Crippen LogP contribution in [-0.4, -0.2) is 29.0 Å². The Balaban J connectivity index is 2.32. The van der Waals surface area contributed by atoms with E-state index in [9.17, 15) is 14.7 Å². The van der Waals surface area contributed by atoms with Crippen molar-refractivity contribution in [2.75, 3.05) is 7.11 Å². The van der Waals surface area contributed by atoms with Crippen LogP contribution in [-0.2, 0) is 15.0 Å². The van der Waals surface area contributed by atoms with Crippen LogP contribution in [0.15, 0.2) is 36.4 Å². The number of aliphatic carboxylic acids is 1. The second-order valence-corrected chi connectivity index (χ2v) is 6.21. The van der Waals surface area contributed by atoms with Gasteiger partial charge < -0.3 is 9.84 Å². The monoisotopic (exact) mass is 313 g/mol. The van der Waals surface area contributed by atoms with E-state index in [2.05, 4.69) is 11.6 Å². The molecule has 0 aliphatic heterocycles. The van der Waals surface area contributed by atoms with Crippen molar-refractivity contribution in [2.24, 2.45) is 5.92 Å². The van der Waals surface area contributed by atoms with Crippen LogP contribution in [0.2, 0.25) is 0 Å². The lowest BCUT2D eigenvalue weighted by molar-refractivity contribution is -0.151. The molecule has 3 unspecified atom stereocenters. The molecule has 120 valence electrons. The van der Waals surface area contributed by atoms with Gasteiger partial charge in [0.25, 0.3) is 0 Å². The highest BCUT2D eigenvalue weighted by molar-refractivity contribution is 6.13. The second kappa shape index (κ2) is 5.33. The Morgan fingerprint density at radius 1 is 1.57 bits per heavy atom. The number of rotatable bonds is 4. The van der Waals surface area contributed by atoms with E-state index in [1.165, 1.54) is 7.11 Å². The van der Waals surface area contributed by atoms with Crippen LogP contribution < -0.4 is 4.74 Å². The number of nitrogens with zero attached hydrogens (tertiary/aromatic N) is 1. The molecule has 2 aliphatic rings. The third-order valence-corrected chi connectivity index (χ3v) is 4.87. The molecule has 2 aliphatic carbocycles. The van der Waals surface area contributed by atoms with Crippen LogP contribution >= 0.6 is 0 Å². The third-order valence-electron chi connectivity index (χ3n) is 4.87. The normalized spacial score (nSPS) is 28.6. The van der Waals surface area contributed by atoms with E-state index in [4.69, 9.17) is 4.74 Å². The summed E-state index contributed by atoms with van der Waals surface area (Å²) >= 11 is 0. The summed E-state index contributed by atoms with van der Waals surface area (Å²) < 4.78 is 5.19. The Morgan fingerprint density at radius 3 is 2.91 bits per heavy atom. The van der Waals surface area contributed by atoms with Gasteiger partial charge in [-0.3, -0.25) is 9.59 Å². The van der Waals surface area contributed by atoms with Crippen LogP contribution in [0.3, 0.4) is 0 Å². The Morgan fingerprint density at radius 2 is 2.30 bits per heavy atom. The van der Waals surface area contributed by atoms with Gasteiger partial charge in [0.15, 0.2) is 11.2 Å². The molecule has 0 saturated heterocycles. The first-order valence-corrected chi connectivity index (χ1v) is 7.57. The molecule has 1 aromatic rings. The molecular weight excluding hydrogens is 294 g/mol. The number of carbonyl (C=O) groups is 2. The first-order valence-electron chi connectivity index (χ1n) is 7.57. The van der Waals surface area contributed by atoms with Crippen molar-refractivity contribution in [2.45, 2.75) is 31.1 Å². The van der Waals surface area contributed by atoms with Gasteiger partial charge >= 0.3 is 5.97 Å². The lowest BCUT2D eigenvalue weighted by Gasteiger charge is -2.44. The summed E-state index contributed by atoms with van der Waals surface area (Å²) in [7, 11) is 1.52. The second-order valence-electron chi connectivity index (χ2n) is 6.21. The maximum atomic E-state index is 13.0. The number of Topliss-reactive ketones (excluding diaryl/α,β-unsaturated/α-hetero) is 1. The zero-order valence-electron chi connectivity index (χ0n) is 13.2. The standard InChI is InChI=1S/C18H19NO4/c1-4-5-11-12-8-10(2)9-18(16(12)20,17(21)22)13-6-7-14(23-3)19-15(11)13/h4,6-8,11-12H,1,5,9H2,2-3H3,(H,21,22). The van der Waals surface area contributed by atoms with Crippen molar-refractivity contribution >= 4 is 11.8 Å². The fraction of sp³-hybridized carbons (Fsp3) is 0.389. The Hall–Kier alpha value is -2.43. The Bertz CT molecular complexity index is 737. The number of pyridine rings is 1. The minimum Gasteiger partial charge on any atom is -0.481 e. The highest BCUT2D eigenvalue weighted by atomic mass is 16.5. The highest BCUT2D eigenvalue weighted by Gasteiger charge is 2.58. The van der Waals surface area contributed by atoms with Crippen LogP contribution in [0.4, 0.5) is 0 Å². The van der Waals surface area contributed by atoms with E-state index in [1.807, 2.05) is 13.0 Å². The third kappa shape index (κ3) is 2.03. The number of allylic oxidation sites excluding steroid dienone is 3. The molecule has 5 nitrogen and oxygen atoms in total. The number of carboxylic acids is 1. The minimum absolute atomic E-state index is 0.194. The predicted molar refractivity (Wildman–Crippen MR) is 84.5 cm³/mol. The Kier molecular flexibility index (Phi) is 3.59. The van der Waals surface area contributed by atoms with Crippen molar-refractivity contribution < 1.29 is 19.4 Å². The van der Waals surface area contributed by atoms with Gasteiger partial charge in [-0.25, -0.2) is 4.98 Å². The zero-order chi connectivity index (χ0) is 16.8. The van der Waals surface area contributed by atoms with Gasteiger partial charge in [-0.15, -0.1) is 6.58 Å². The molecule has 1 aromatic heterocycles. The molecule has 0 fully saturated rings. The number of methoxy groups -OCH3 is 1. The van der Waals surface area contributed by atoms with Gasteiger partial charge in [0.2, 0.25) is 5.88 Å². The number of carbonyl (C=O) groups excluding carboxylic acids is 1. The summed E-state index contributed by atoms with van der Waals surface area (Å²) in [6, 6.07) is 3.30. The topological polar surface area (TPSA) is 76.5 Å². The molecule has 0 saturated carbocycles. The average molecular weight is 313 g/mol. The fourth-order valence-corrected chi connectivity index (χ4v) is 3.88. The maximum absolute atomic E-state index is 13.0. The molecule has 5 heteroatoms. The van der Waals surface area contributed by atoms with Crippen molar-refractivity contribution in [1.82, 2.24) is 4.98 Å². The summed E-state index contributed by atoms with van der Waals surface area (Å²) in [4.78, 5) is 29.6. The molecule has 0 radical (unpaired) electrons. The molecule has 0 amide bonds. The van der Waals surface area contributed by atoms with E-state index in [-0.39, 0.29) is 18.1 Å². The lowest BCUT2D eigenvalue weighted by atomic mass is 9.57. The number of ketones is 1. The summed E-state index contributed by atoms with van der Waals surface area (Å²) in [5.74, 6) is -1.61. The number of fused-ring (bicyclic) bond motifs is 4. The largest absolute Gasteiger partial charge is 0.481 e. The number of hydrogen-bond donors (Lipinski definition) is 1. The Labute approximate surface area is 134 Å². The fourth-order valence-electron chi connectivity index (χ4n) is 3.88. The van der Waals surface area contributed by atoms with Gasteiger partial charge in [0, 0.05) is 17.9 Å². The van der Waals surface area contributed by atoms with Gasteiger partial charge in [-0.1, -0.05) is 23.8 Å². The summed E-state index contributed by atoms with van der Waals surface area (Å²) in [6.45, 7) is 5.64. The molecule has 1 heterocycles. The number of hydrogen-bond acceptors (Lipinski definition) is 4. The first kappa shape index (κ1) is 15.5. The molecule has 23 heavy (non-hydrogen) atoms. The summed E-state index contributed by atoms with van der Waals surface area (Å²) in [5, 5.41) is 9.89. The molecule has 1 N–H and O–H groups in total. The SMILES string of the molecule is C=CCC1c2nc(OC)ccc2C2(C(=O)O)CC(C)=CC1C2=O. The van der Waals surface area contributed by atoms with Crippen molar-refractivity contribution in [3.8, 4) is 5.88 Å². The molecule has 3 rings (SSSR count). The molecule has 0 spiro atoms. The van der Waals surface area contributed by atoms with E-state index in [0.717, 1.165) is 5.57 Å². The van der Waals surface area contributed by atoms with Gasteiger partial charge in [-0.2, -0.15) is 0 Å². The number of ether oxygens (including phenoxy) is 1. The number of aromatic nitrogens is 1. The van der Waals surface area contributed by atoms with E-state index in [1.54, 1.807) is 18.2 Å². The van der Waals surface area contributed by atoms with Crippen LogP contribution in [0.25, 0.3) is 0 Å². The molecular formula is C18H19NO4. The summed E-state index contributed by atoms with van der Waals surface area (Å²) in [5.41, 5.74) is 0.523. The van der Waals surface area contributed by atoms with Gasteiger partial charge in [-0.05, 0) is 25.3 Å². The molecule has 2 bridgehead atoms. The zero-order valence-corrected chi connectivity index (χ0v) is 13.2.